The summed E-state index contributed by atoms with van der Waals surface area (Å²) in [6.07, 6.45) is 3.71. The fourth-order valence-electron chi connectivity index (χ4n) is 1.79. The first-order valence-electron chi connectivity index (χ1n) is 6.77. The maximum Gasteiger partial charge on any atom is 0.191 e. The summed E-state index contributed by atoms with van der Waals surface area (Å²) in [6, 6.07) is 8.42. The number of aliphatic imine (C=N–C) groups is 1. The first kappa shape index (κ1) is 14.6. The number of unbranched alkanes of at least 4 members (excludes halogenated alkanes) is 2. The largest absolute Gasteiger partial charge is 0.356 e. The molecule has 0 radical (unpaired) electrons. The van der Waals surface area contributed by atoms with Crippen molar-refractivity contribution in [2.24, 2.45) is 4.99 Å². The summed E-state index contributed by atoms with van der Waals surface area (Å²) in [5.41, 5.74) is 2.63. The van der Waals surface area contributed by atoms with Crippen LogP contribution in [0.15, 0.2) is 29.3 Å². The quantitative estimate of drug-likeness (QED) is 0.461. The fraction of sp³-hybridized carbons (Fsp3) is 0.533. The second-order valence-corrected chi connectivity index (χ2v) is 4.49. The maximum absolute atomic E-state index is 4.22. The topological polar surface area (TPSA) is 36.4 Å². The Morgan fingerprint density at radius 2 is 1.94 bits per heavy atom. The van der Waals surface area contributed by atoms with E-state index in [0.29, 0.717) is 0 Å². The Morgan fingerprint density at radius 3 is 2.61 bits per heavy atom. The van der Waals surface area contributed by atoms with Gasteiger partial charge >= 0.3 is 0 Å². The zero-order valence-electron chi connectivity index (χ0n) is 11.8. The van der Waals surface area contributed by atoms with Crippen molar-refractivity contribution in [3.8, 4) is 0 Å². The van der Waals surface area contributed by atoms with Gasteiger partial charge in [0, 0.05) is 20.1 Å². The first-order chi connectivity index (χ1) is 8.77. The van der Waals surface area contributed by atoms with Crippen LogP contribution >= 0.6 is 0 Å². The summed E-state index contributed by atoms with van der Waals surface area (Å²) in [7, 11) is 1.81. The molecule has 1 aromatic rings. The van der Waals surface area contributed by atoms with E-state index in [1.54, 1.807) is 0 Å². The number of rotatable bonds is 6. The SMILES string of the molecule is CCCCCNC(=NC)NCc1ccccc1C. The molecule has 3 heteroatoms. The Balaban J connectivity index is 2.34. The van der Waals surface area contributed by atoms with Crippen molar-refractivity contribution < 1.29 is 0 Å². The van der Waals surface area contributed by atoms with E-state index >= 15 is 0 Å². The summed E-state index contributed by atoms with van der Waals surface area (Å²) >= 11 is 0. The fourth-order valence-corrected chi connectivity index (χ4v) is 1.79. The standard InChI is InChI=1S/C15H25N3/c1-4-5-8-11-17-15(16-3)18-12-14-10-7-6-9-13(14)2/h6-7,9-10H,4-5,8,11-12H2,1-3H3,(H2,16,17,18). The molecule has 3 nitrogen and oxygen atoms in total. The van der Waals surface area contributed by atoms with Crippen molar-refractivity contribution in [1.82, 2.24) is 10.6 Å². The molecule has 0 spiro atoms. The van der Waals surface area contributed by atoms with Gasteiger partial charge in [-0.15, -0.1) is 0 Å². The molecule has 0 fully saturated rings. The van der Waals surface area contributed by atoms with E-state index in [-0.39, 0.29) is 0 Å². The smallest absolute Gasteiger partial charge is 0.191 e. The third-order valence-corrected chi connectivity index (χ3v) is 3.00. The Kier molecular flexibility index (Phi) is 6.92. The number of nitrogens with one attached hydrogen (secondary N) is 2. The Bertz CT molecular complexity index is 372. The molecule has 100 valence electrons. The van der Waals surface area contributed by atoms with Crippen LogP contribution < -0.4 is 10.6 Å². The highest BCUT2D eigenvalue weighted by Gasteiger charge is 1.99. The molecule has 0 aromatic heterocycles. The van der Waals surface area contributed by atoms with Crippen molar-refractivity contribution in [1.29, 1.82) is 0 Å². The minimum absolute atomic E-state index is 0.820. The lowest BCUT2D eigenvalue weighted by molar-refractivity contribution is 0.682. The molecule has 0 heterocycles. The van der Waals surface area contributed by atoms with E-state index < -0.39 is 0 Å². The van der Waals surface area contributed by atoms with Gasteiger partial charge in [0.1, 0.15) is 0 Å². The molecule has 0 aliphatic heterocycles. The van der Waals surface area contributed by atoms with Crippen LogP contribution in [0.25, 0.3) is 0 Å². The number of guanidine groups is 1. The molecule has 1 aromatic carbocycles. The molecule has 18 heavy (non-hydrogen) atoms. The van der Waals surface area contributed by atoms with Gasteiger partial charge in [0.2, 0.25) is 0 Å². The molecule has 1 rings (SSSR count). The van der Waals surface area contributed by atoms with Crippen LogP contribution in [0.4, 0.5) is 0 Å². The number of hydrogen-bond acceptors (Lipinski definition) is 1. The predicted molar refractivity (Wildman–Crippen MR) is 78.9 cm³/mol. The molecular formula is C15H25N3. The van der Waals surface area contributed by atoms with Crippen LogP contribution in [0.3, 0.4) is 0 Å². The zero-order valence-corrected chi connectivity index (χ0v) is 11.8. The molecule has 0 aliphatic carbocycles. The first-order valence-corrected chi connectivity index (χ1v) is 6.77. The van der Waals surface area contributed by atoms with E-state index in [1.165, 1.54) is 30.4 Å². The van der Waals surface area contributed by atoms with Crippen LogP contribution in [0.2, 0.25) is 0 Å². The number of hydrogen-bond donors (Lipinski definition) is 2. The van der Waals surface area contributed by atoms with Crippen molar-refractivity contribution in [3.63, 3.8) is 0 Å². The van der Waals surface area contributed by atoms with E-state index in [2.05, 4.69) is 53.7 Å². The van der Waals surface area contributed by atoms with Crippen LogP contribution in [0.5, 0.6) is 0 Å². The van der Waals surface area contributed by atoms with E-state index in [0.717, 1.165) is 19.0 Å². The Hall–Kier alpha value is -1.51. The van der Waals surface area contributed by atoms with E-state index in [9.17, 15) is 0 Å². The van der Waals surface area contributed by atoms with Crippen LogP contribution in [0.1, 0.15) is 37.3 Å². The van der Waals surface area contributed by atoms with E-state index in [1.807, 2.05) is 7.05 Å². The van der Waals surface area contributed by atoms with Gasteiger partial charge in [-0.05, 0) is 24.5 Å². The summed E-state index contributed by atoms with van der Waals surface area (Å²) < 4.78 is 0. The second kappa shape index (κ2) is 8.56. The Morgan fingerprint density at radius 1 is 1.17 bits per heavy atom. The highest BCUT2D eigenvalue weighted by Crippen LogP contribution is 2.05. The minimum Gasteiger partial charge on any atom is -0.356 e. The third-order valence-electron chi connectivity index (χ3n) is 3.00. The van der Waals surface area contributed by atoms with Crippen LogP contribution in [0, 0.1) is 6.92 Å². The number of benzene rings is 1. The van der Waals surface area contributed by atoms with Gasteiger partial charge in [-0.2, -0.15) is 0 Å². The highest BCUT2D eigenvalue weighted by molar-refractivity contribution is 5.79. The molecule has 0 saturated heterocycles. The molecule has 0 amide bonds. The van der Waals surface area contributed by atoms with E-state index in [4.69, 9.17) is 0 Å². The monoisotopic (exact) mass is 247 g/mol. The second-order valence-electron chi connectivity index (χ2n) is 4.49. The van der Waals surface area contributed by atoms with Gasteiger partial charge in [-0.3, -0.25) is 4.99 Å². The van der Waals surface area contributed by atoms with Crippen molar-refractivity contribution in [3.05, 3.63) is 35.4 Å². The summed E-state index contributed by atoms with van der Waals surface area (Å²) in [5.74, 6) is 0.884. The van der Waals surface area contributed by atoms with Gasteiger partial charge in [0.15, 0.2) is 5.96 Å². The molecule has 0 bridgehead atoms. The maximum atomic E-state index is 4.22. The van der Waals surface area contributed by atoms with Crippen molar-refractivity contribution >= 4 is 5.96 Å². The average Bonchev–Trinajstić information content (AvgIpc) is 2.40. The highest BCUT2D eigenvalue weighted by atomic mass is 15.2. The lowest BCUT2D eigenvalue weighted by Crippen LogP contribution is -2.37. The number of nitrogens with zero attached hydrogens (tertiary/aromatic N) is 1. The number of aryl methyl sites for hydroxylation is 1. The molecule has 0 aliphatic rings. The predicted octanol–water partition coefficient (Wildman–Crippen LogP) is 2.85. The molecule has 0 unspecified atom stereocenters. The van der Waals surface area contributed by atoms with Crippen LogP contribution in [-0.2, 0) is 6.54 Å². The average molecular weight is 247 g/mol. The molecule has 2 N–H and O–H groups in total. The van der Waals surface area contributed by atoms with Crippen LogP contribution in [-0.4, -0.2) is 19.6 Å². The molecule has 0 atom stereocenters. The summed E-state index contributed by atoms with van der Waals surface area (Å²) in [4.78, 5) is 4.22. The molecular weight excluding hydrogens is 222 g/mol. The van der Waals surface area contributed by atoms with Crippen molar-refractivity contribution in [2.75, 3.05) is 13.6 Å². The summed E-state index contributed by atoms with van der Waals surface area (Å²) in [6.45, 7) is 6.15. The van der Waals surface area contributed by atoms with Gasteiger partial charge in [0.25, 0.3) is 0 Å². The minimum atomic E-state index is 0.820. The summed E-state index contributed by atoms with van der Waals surface area (Å²) in [5, 5.41) is 6.68. The van der Waals surface area contributed by atoms with Gasteiger partial charge < -0.3 is 10.6 Å². The normalized spacial score (nSPS) is 11.4. The lowest BCUT2D eigenvalue weighted by atomic mass is 10.1. The third kappa shape index (κ3) is 5.21. The van der Waals surface area contributed by atoms with Gasteiger partial charge in [0.05, 0.1) is 0 Å². The van der Waals surface area contributed by atoms with Crippen molar-refractivity contribution in [2.45, 2.75) is 39.7 Å². The molecule has 0 saturated carbocycles. The zero-order chi connectivity index (χ0) is 13.2. The van der Waals surface area contributed by atoms with Gasteiger partial charge in [-0.1, -0.05) is 44.0 Å². The van der Waals surface area contributed by atoms with Gasteiger partial charge in [-0.25, -0.2) is 0 Å². The Labute approximate surface area is 111 Å². The lowest BCUT2D eigenvalue weighted by Gasteiger charge is -2.12.